The molecule has 238 valence electrons. The third-order valence-electron chi connectivity index (χ3n) is 9.24. The van der Waals surface area contributed by atoms with Gasteiger partial charge in [-0.2, -0.15) is 0 Å². The van der Waals surface area contributed by atoms with Gasteiger partial charge in [0.2, 0.25) is 0 Å². The smallest absolute Gasteiger partial charge is 0.268 e. The van der Waals surface area contributed by atoms with Crippen LogP contribution < -0.4 is 10.8 Å². The molecule has 2 fully saturated rings. The molecule has 12 heteroatoms. The number of thiazole rings is 1. The van der Waals surface area contributed by atoms with Crippen molar-refractivity contribution in [3.63, 3.8) is 0 Å². The maximum Gasteiger partial charge on any atom is 0.268 e. The molecule has 8 atom stereocenters. The lowest BCUT2D eigenvalue weighted by molar-refractivity contribution is -0.143. The first-order valence-electron chi connectivity index (χ1n) is 15.0. The number of Topliss-reactive ketones (excluding diaryl/α,β-unsaturated/α-hetero) is 2. The Bertz CT molecular complexity index is 1190. The summed E-state index contributed by atoms with van der Waals surface area (Å²) in [6, 6.07) is 0. The number of carbonyl (C=O) groups is 2. The van der Waals surface area contributed by atoms with E-state index in [1.807, 2.05) is 25.3 Å². The van der Waals surface area contributed by atoms with Gasteiger partial charge < -0.3 is 25.6 Å². The predicted molar refractivity (Wildman–Crippen MR) is 165 cm³/mol. The van der Waals surface area contributed by atoms with Crippen molar-refractivity contribution < 1.29 is 34.0 Å². The Hall–Kier alpha value is -1.30. The minimum atomic E-state index is -3.51. The number of nitrogens with one attached hydrogen (secondary N) is 1. The van der Waals surface area contributed by atoms with Gasteiger partial charge in [-0.15, -0.1) is 11.3 Å². The summed E-state index contributed by atoms with van der Waals surface area (Å²) in [6.07, 6.45) is 3.03. The van der Waals surface area contributed by atoms with Gasteiger partial charge >= 0.3 is 0 Å². The fourth-order valence-electron chi connectivity index (χ4n) is 5.94. The molecule has 0 radical (unpaired) electrons. The van der Waals surface area contributed by atoms with E-state index in [2.05, 4.69) is 17.0 Å². The number of hydrogen-bond donors (Lipinski definition) is 5. The normalized spacial score (nSPS) is 35.0. The van der Waals surface area contributed by atoms with E-state index in [1.165, 1.54) is 11.3 Å². The number of ether oxygens (including phenoxy) is 1. The Morgan fingerprint density at radius 1 is 1.26 bits per heavy atom. The average molecular weight is 628 g/mol. The molecule has 3 rings (SSSR count). The molecule has 0 aromatic carbocycles. The van der Waals surface area contributed by atoms with E-state index in [0.717, 1.165) is 24.8 Å². The number of nitrogens with two attached hydrogens (primary N) is 1. The van der Waals surface area contributed by atoms with E-state index in [9.17, 15) is 29.3 Å². The van der Waals surface area contributed by atoms with Crippen LogP contribution in [0.4, 0.5) is 0 Å². The second-order valence-electron chi connectivity index (χ2n) is 13.2. The molecule has 1 unspecified atom stereocenters. The number of rotatable bonds is 7. The van der Waals surface area contributed by atoms with Crippen LogP contribution in [0.1, 0.15) is 90.8 Å². The van der Waals surface area contributed by atoms with Crippen molar-refractivity contribution in [2.24, 2.45) is 28.9 Å². The number of allylic oxidation sites excluding steroid dienone is 1. The van der Waals surface area contributed by atoms with Gasteiger partial charge in [0, 0.05) is 30.7 Å². The van der Waals surface area contributed by atoms with Crippen molar-refractivity contribution in [1.82, 2.24) is 10.1 Å². The van der Waals surface area contributed by atoms with Crippen LogP contribution in [-0.2, 0) is 25.4 Å². The second-order valence-corrected chi connectivity index (χ2v) is 16.3. The van der Waals surface area contributed by atoms with Crippen molar-refractivity contribution in [2.75, 3.05) is 12.7 Å². The predicted octanol–water partition coefficient (Wildman–Crippen LogP) is 4.07. The lowest BCUT2D eigenvalue weighted by Crippen LogP contribution is -2.45. The highest BCUT2D eigenvalue weighted by Gasteiger charge is 2.52. The first-order valence-corrected chi connectivity index (χ1v) is 17.7. The van der Waals surface area contributed by atoms with Gasteiger partial charge in [0.1, 0.15) is 16.6 Å². The van der Waals surface area contributed by atoms with Gasteiger partial charge in [0.25, 0.3) is 7.52 Å². The number of epoxide rings is 1. The van der Waals surface area contributed by atoms with Gasteiger partial charge in [-0.05, 0) is 51.0 Å². The first-order chi connectivity index (χ1) is 19.5. The number of aromatic nitrogens is 1. The molecular formula is C30H50N3O7PS. The SMILES string of the molecule is C/C(=C\c1csc(CNP(=O)(O)CCN)n1)[C@@H]1CC(=O)C[C@@H](O)C(C)(C)C(=O)[C@@H](C)[C@H](O)[C@H](C)CCC[C@]2(C)O[C@@H]2C1. The molecule has 10 nitrogen and oxygen atoms in total. The Balaban J connectivity index is 1.80. The molecule has 0 spiro atoms. The topological polar surface area (TPSA) is 175 Å². The fourth-order valence-corrected chi connectivity index (χ4v) is 7.64. The Labute approximate surface area is 254 Å². The van der Waals surface area contributed by atoms with Crippen LogP contribution >= 0.6 is 18.9 Å². The molecule has 2 aliphatic rings. The number of fused-ring (bicyclic) bond motifs is 1. The molecule has 1 aliphatic heterocycles. The van der Waals surface area contributed by atoms with Crippen molar-refractivity contribution >= 4 is 36.5 Å². The van der Waals surface area contributed by atoms with Crippen molar-refractivity contribution in [1.29, 1.82) is 0 Å². The minimum Gasteiger partial charge on any atom is -0.392 e. The summed E-state index contributed by atoms with van der Waals surface area (Å²) in [6.45, 7) is 11.3. The Morgan fingerprint density at radius 3 is 2.62 bits per heavy atom. The van der Waals surface area contributed by atoms with Crippen LogP contribution in [0, 0.1) is 23.2 Å². The van der Waals surface area contributed by atoms with E-state index in [4.69, 9.17) is 10.5 Å². The Morgan fingerprint density at radius 2 is 1.95 bits per heavy atom. The maximum atomic E-state index is 13.3. The number of aliphatic hydroxyl groups excluding tert-OH is 2. The largest absolute Gasteiger partial charge is 0.392 e. The molecule has 1 aromatic rings. The average Bonchev–Trinajstić information content (AvgIpc) is 3.31. The summed E-state index contributed by atoms with van der Waals surface area (Å²) in [7, 11) is -3.51. The highest BCUT2D eigenvalue weighted by atomic mass is 32.1. The summed E-state index contributed by atoms with van der Waals surface area (Å²) >= 11 is 1.38. The first kappa shape index (κ1) is 35.2. The highest BCUT2D eigenvalue weighted by Crippen LogP contribution is 2.46. The van der Waals surface area contributed by atoms with Crippen LogP contribution in [0.15, 0.2) is 11.0 Å². The van der Waals surface area contributed by atoms with Gasteiger partial charge in [-0.1, -0.05) is 39.7 Å². The zero-order valence-electron chi connectivity index (χ0n) is 25.8. The highest BCUT2D eigenvalue weighted by molar-refractivity contribution is 7.55. The van der Waals surface area contributed by atoms with Gasteiger partial charge in [0.05, 0.1) is 47.7 Å². The second kappa shape index (κ2) is 14.2. The molecule has 1 aromatic heterocycles. The maximum absolute atomic E-state index is 13.3. The summed E-state index contributed by atoms with van der Waals surface area (Å²) in [4.78, 5) is 41.1. The fraction of sp³-hybridized carbons (Fsp3) is 0.767. The quantitative estimate of drug-likeness (QED) is 0.219. The molecule has 0 amide bonds. The summed E-state index contributed by atoms with van der Waals surface area (Å²) in [5, 5.41) is 27.1. The third kappa shape index (κ3) is 9.11. The zero-order valence-corrected chi connectivity index (χ0v) is 27.5. The molecule has 1 saturated carbocycles. The van der Waals surface area contributed by atoms with Crippen LogP contribution in [0.5, 0.6) is 0 Å². The number of carbonyl (C=O) groups excluding carboxylic acids is 2. The molecular weight excluding hydrogens is 577 g/mol. The van der Waals surface area contributed by atoms with Crippen molar-refractivity contribution in [2.45, 2.75) is 111 Å². The van der Waals surface area contributed by atoms with Crippen LogP contribution in [0.25, 0.3) is 6.08 Å². The van der Waals surface area contributed by atoms with Crippen LogP contribution in [0.2, 0.25) is 0 Å². The molecule has 0 bridgehead atoms. The lowest BCUT2D eigenvalue weighted by atomic mass is 9.72. The molecule has 42 heavy (non-hydrogen) atoms. The summed E-state index contributed by atoms with van der Waals surface area (Å²) < 4.78 is 18.2. The van der Waals surface area contributed by atoms with Crippen molar-refractivity contribution in [3.05, 3.63) is 21.7 Å². The van der Waals surface area contributed by atoms with Crippen molar-refractivity contribution in [3.8, 4) is 0 Å². The monoisotopic (exact) mass is 627 g/mol. The van der Waals surface area contributed by atoms with E-state index < -0.39 is 31.1 Å². The number of aliphatic hydroxyl groups is 2. The van der Waals surface area contributed by atoms with Gasteiger partial charge in [-0.25, -0.2) is 10.1 Å². The van der Waals surface area contributed by atoms with Gasteiger partial charge in [0.15, 0.2) is 0 Å². The lowest BCUT2D eigenvalue weighted by Gasteiger charge is -2.34. The zero-order chi connectivity index (χ0) is 31.5. The number of ketones is 2. The molecule has 1 aliphatic carbocycles. The van der Waals surface area contributed by atoms with E-state index in [-0.39, 0.29) is 67.2 Å². The van der Waals surface area contributed by atoms with Crippen LogP contribution in [0.3, 0.4) is 0 Å². The molecule has 6 N–H and O–H groups in total. The van der Waals surface area contributed by atoms with E-state index in [1.54, 1.807) is 20.8 Å². The number of nitrogens with zero attached hydrogens (tertiary/aromatic N) is 1. The number of hydrogen-bond acceptors (Lipinski definition) is 9. The summed E-state index contributed by atoms with van der Waals surface area (Å²) in [5.41, 5.74) is 5.59. The standard InChI is InChI=1S/C30H50N3O7PS/c1-18-8-7-9-30(6)25(40-30)14-21(13-23(34)15-24(35)29(4,5)28(37)20(3)27(18)36)19(2)12-22-17-42-26(33-22)16-32-41(38,39)11-10-31/h12,17-18,20-21,24-25,27,35-36H,7-11,13-16,31H2,1-6H3,(H2,32,38,39)/b19-12+/t18-,20+,21-,24-,25-,27-,30+/m1/s1. The molecule has 1 saturated heterocycles. The third-order valence-corrected chi connectivity index (χ3v) is 11.6. The van der Waals surface area contributed by atoms with Crippen LogP contribution in [-0.4, -0.2) is 68.3 Å². The minimum absolute atomic E-state index is 0.00918. The molecule has 2 heterocycles. The van der Waals surface area contributed by atoms with Gasteiger partial charge in [-0.3, -0.25) is 14.2 Å². The summed E-state index contributed by atoms with van der Waals surface area (Å²) in [5.74, 6) is -1.27. The van der Waals surface area contributed by atoms with E-state index in [0.29, 0.717) is 17.1 Å². The van der Waals surface area contributed by atoms with E-state index >= 15 is 0 Å². The Kier molecular flexibility index (Phi) is 11.9.